The maximum absolute atomic E-state index is 5.58. The minimum atomic E-state index is 0. The first-order chi connectivity index (χ1) is 9.69. The summed E-state index contributed by atoms with van der Waals surface area (Å²) in [6.45, 7) is 6.73. The summed E-state index contributed by atoms with van der Waals surface area (Å²) >= 11 is 1.72. The predicted octanol–water partition coefficient (Wildman–Crippen LogP) is 2.73. The Bertz CT molecular complexity index is 444. The molecule has 2 heterocycles. The molecule has 1 saturated heterocycles. The molecule has 0 saturated carbocycles. The third kappa shape index (κ3) is 6.07. The molecule has 1 aromatic rings. The average molecular weight is 424 g/mol. The van der Waals surface area contributed by atoms with E-state index in [2.05, 4.69) is 39.8 Å². The van der Waals surface area contributed by atoms with E-state index in [1.165, 1.54) is 5.01 Å². The highest BCUT2D eigenvalue weighted by Crippen LogP contribution is 2.18. The Morgan fingerprint density at radius 2 is 2.33 bits per heavy atom. The zero-order valence-corrected chi connectivity index (χ0v) is 16.0. The number of ether oxygens (including phenoxy) is 1. The van der Waals surface area contributed by atoms with Gasteiger partial charge in [0.25, 0.3) is 0 Å². The Hall–Kier alpha value is -0.410. The maximum atomic E-state index is 5.58. The van der Waals surface area contributed by atoms with E-state index >= 15 is 0 Å². The number of halogens is 1. The molecule has 1 unspecified atom stereocenters. The van der Waals surface area contributed by atoms with Crippen molar-refractivity contribution >= 4 is 41.3 Å². The molecule has 21 heavy (non-hydrogen) atoms. The lowest BCUT2D eigenvalue weighted by molar-refractivity contribution is 0.114. The van der Waals surface area contributed by atoms with Crippen molar-refractivity contribution in [1.29, 1.82) is 0 Å². The van der Waals surface area contributed by atoms with Crippen LogP contribution in [0.1, 0.15) is 43.3 Å². The summed E-state index contributed by atoms with van der Waals surface area (Å²) < 4.78 is 5.58. The first-order valence-corrected chi connectivity index (χ1v) is 8.07. The first-order valence-electron chi connectivity index (χ1n) is 7.19. The van der Waals surface area contributed by atoms with Crippen LogP contribution in [0, 0.1) is 0 Å². The summed E-state index contributed by atoms with van der Waals surface area (Å²) in [5, 5.41) is 9.88. The number of nitrogens with zero attached hydrogens (tertiary/aromatic N) is 2. The predicted molar refractivity (Wildman–Crippen MR) is 98.8 cm³/mol. The largest absolute Gasteiger partial charge is 0.376 e. The van der Waals surface area contributed by atoms with Gasteiger partial charge in [0.1, 0.15) is 0 Å². The fourth-order valence-electron chi connectivity index (χ4n) is 2.08. The minimum Gasteiger partial charge on any atom is -0.376 e. The Morgan fingerprint density at radius 1 is 1.52 bits per heavy atom. The van der Waals surface area contributed by atoms with Crippen LogP contribution in [0.15, 0.2) is 10.4 Å². The maximum Gasteiger partial charge on any atom is 0.191 e. The highest BCUT2D eigenvalue weighted by Gasteiger charge is 2.15. The van der Waals surface area contributed by atoms with E-state index in [0.29, 0.717) is 18.6 Å². The van der Waals surface area contributed by atoms with Crippen molar-refractivity contribution < 1.29 is 4.74 Å². The molecule has 0 aromatic carbocycles. The molecule has 1 aliphatic rings. The van der Waals surface area contributed by atoms with Crippen molar-refractivity contribution in [2.45, 2.75) is 45.3 Å². The van der Waals surface area contributed by atoms with E-state index in [9.17, 15) is 0 Å². The molecule has 7 heteroatoms. The lowest BCUT2D eigenvalue weighted by atomic mass is 10.2. The van der Waals surface area contributed by atoms with Crippen LogP contribution in [0.25, 0.3) is 0 Å². The fraction of sp³-hybridized carbons (Fsp3) is 0.714. The third-order valence-electron chi connectivity index (χ3n) is 3.25. The van der Waals surface area contributed by atoms with Crippen LogP contribution in [-0.2, 0) is 11.3 Å². The zero-order chi connectivity index (χ0) is 14.4. The molecule has 0 spiro atoms. The van der Waals surface area contributed by atoms with E-state index in [4.69, 9.17) is 4.74 Å². The molecule has 1 atom stereocenters. The molecule has 120 valence electrons. The molecule has 0 radical (unpaired) electrons. The highest BCUT2D eigenvalue weighted by molar-refractivity contribution is 14.0. The van der Waals surface area contributed by atoms with Gasteiger partial charge < -0.3 is 15.4 Å². The number of rotatable bonds is 5. The molecule has 5 nitrogen and oxygen atoms in total. The topological polar surface area (TPSA) is 58.5 Å². The Balaban J connectivity index is 0.00000220. The molecule has 2 N–H and O–H groups in total. The Labute approximate surface area is 148 Å². The van der Waals surface area contributed by atoms with Crippen molar-refractivity contribution in [3.05, 3.63) is 16.1 Å². The average Bonchev–Trinajstić information content (AvgIpc) is 3.10. The van der Waals surface area contributed by atoms with E-state index in [0.717, 1.165) is 37.6 Å². The van der Waals surface area contributed by atoms with Gasteiger partial charge in [-0.15, -0.1) is 35.3 Å². The summed E-state index contributed by atoms with van der Waals surface area (Å²) in [4.78, 5) is 8.82. The quantitative estimate of drug-likeness (QED) is 0.434. The van der Waals surface area contributed by atoms with Crippen molar-refractivity contribution in [3.63, 3.8) is 0 Å². The van der Waals surface area contributed by atoms with E-state index in [1.54, 1.807) is 18.4 Å². The van der Waals surface area contributed by atoms with Gasteiger partial charge in [-0.25, -0.2) is 4.98 Å². The lowest BCUT2D eigenvalue weighted by Crippen LogP contribution is -2.40. The van der Waals surface area contributed by atoms with Gasteiger partial charge in [0.15, 0.2) is 5.96 Å². The molecule has 1 aromatic heterocycles. The van der Waals surface area contributed by atoms with E-state index in [-0.39, 0.29) is 24.0 Å². The standard InChI is InChI=1S/C14H24N4OS.HI/c1-10(2)13-18-11(9-20-13)7-16-14(15-3)17-8-12-5-4-6-19-12;/h9-10,12H,4-8H2,1-3H3,(H2,15,16,17);1H. The zero-order valence-electron chi connectivity index (χ0n) is 12.9. The molecule has 2 rings (SSSR count). The number of guanidine groups is 1. The number of nitrogens with one attached hydrogen (secondary N) is 2. The van der Waals surface area contributed by atoms with Gasteiger partial charge in [0.05, 0.1) is 23.4 Å². The molecular weight excluding hydrogens is 399 g/mol. The molecule has 0 aliphatic carbocycles. The van der Waals surface area contributed by atoms with Gasteiger partial charge in [-0.3, -0.25) is 4.99 Å². The SMILES string of the molecule is CN=C(NCc1csc(C(C)C)n1)NCC1CCCO1.I. The van der Waals surface area contributed by atoms with Crippen LogP contribution in [-0.4, -0.2) is 37.2 Å². The van der Waals surface area contributed by atoms with Gasteiger partial charge in [0, 0.05) is 31.5 Å². The molecule has 0 bridgehead atoms. The minimum absolute atomic E-state index is 0. The number of aromatic nitrogens is 1. The monoisotopic (exact) mass is 424 g/mol. The molecular formula is C14H25IN4OS. The summed E-state index contributed by atoms with van der Waals surface area (Å²) in [6, 6.07) is 0. The molecule has 1 aliphatic heterocycles. The molecule has 0 amide bonds. The van der Waals surface area contributed by atoms with Gasteiger partial charge in [-0.1, -0.05) is 13.8 Å². The van der Waals surface area contributed by atoms with Crippen molar-refractivity contribution in [3.8, 4) is 0 Å². The second-order valence-corrected chi connectivity index (χ2v) is 6.16. The van der Waals surface area contributed by atoms with E-state index in [1.807, 2.05) is 0 Å². The first kappa shape index (κ1) is 18.6. The van der Waals surface area contributed by atoms with Crippen LogP contribution in [0.4, 0.5) is 0 Å². The van der Waals surface area contributed by atoms with Crippen LogP contribution < -0.4 is 10.6 Å². The van der Waals surface area contributed by atoms with Crippen molar-refractivity contribution in [1.82, 2.24) is 15.6 Å². The fourth-order valence-corrected chi connectivity index (χ4v) is 2.91. The normalized spacial score (nSPS) is 18.7. The van der Waals surface area contributed by atoms with Crippen LogP contribution >= 0.6 is 35.3 Å². The lowest BCUT2D eigenvalue weighted by Gasteiger charge is -2.14. The highest BCUT2D eigenvalue weighted by atomic mass is 127. The smallest absolute Gasteiger partial charge is 0.191 e. The van der Waals surface area contributed by atoms with E-state index < -0.39 is 0 Å². The van der Waals surface area contributed by atoms with Crippen LogP contribution in [0.5, 0.6) is 0 Å². The van der Waals surface area contributed by atoms with Crippen LogP contribution in [0.2, 0.25) is 0 Å². The second kappa shape index (κ2) is 9.58. The van der Waals surface area contributed by atoms with Gasteiger partial charge >= 0.3 is 0 Å². The van der Waals surface area contributed by atoms with Crippen molar-refractivity contribution in [2.24, 2.45) is 4.99 Å². The van der Waals surface area contributed by atoms with Crippen molar-refractivity contribution in [2.75, 3.05) is 20.2 Å². The number of aliphatic imine (C=N–C) groups is 1. The second-order valence-electron chi connectivity index (χ2n) is 5.27. The molecule has 1 fully saturated rings. The summed E-state index contributed by atoms with van der Waals surface area (Å²) in [7, 11) is 1.78. The van der Waals surface area contributed by atoms with Crippen LogP contribution in [0.3, 0.4) is 0 Å². The third-order valence-corrected chi connectivity index (χ3v) is 4.44. The van der Waals surface area contributed by atoms with Gasteiger partial charge in [-0.2, -0.15) is 0 Å². The number of hydrogen-bond donors (Lipinski definition) is 2. The number of thiazole rings is 1. The summed E-state index contributed by atoms with van der Waals surface area (Å²) in [5.74, 6) is 1.30. The Kier molecular flexibility index (Phi) is 8.50. The summed E-state index contributed by atoms with van der Waals surface area (Å²) in [5.41, 5.74) is 1.07. The Morgan fingerprint density at radius 3 is 2.90 bits per heavy atom. The van der Waals surface area contributed by atoms with Gasteiger partial charge in [-0.05, 0) is 12.8 Å². The summed E-state index contributed by atoms with van der Waals surface area (Å²) in [6.07, 6.45) is 2.61. The number of hydrogen-bond acceptors (Lipinski definition) is 4. The van der Waals surface area contributed by atoms with Gasteiger partial charge in [0.2, 0.25) is 0 Å².